The molecule has 0 radical (unpaired) electrons. The van der Waals surface area contributed by atoms with Gasteiger partial charge in [0.25, 0.3) is 0 Å². The van der Waals surface area contributed by atoms with Crippen molar-refractivity contribution in [3.63, 3.8) is 0 Å². The molecule has 15 nitrogen and oxygen atoms in total. The third-order valence-corrected chi connectivity index (χ3v) is 4.06. The molecule has 0 spiro atoms. The quantitative estimate of drug-likeness (QED) is 0.144. The number of aromatic nitrogens is 2. The van der Waals surface area contributed by atoms with Crippen LogP contribution in [-0.2, 0) is 35.2 Å². The summed E-state index contributed by atoms with van der Waals surface area (Å²) in [6.45, 7) is 1.39. The van der Waals surface area contributed by atoms with E-state index in [1.165, 1.54) is 19.4 Å². The van der Waals surface area contributed by atoms with E-state index in [1.54, 1.807) is 0 Å². The first-order valence-corrected chi connectivity index (χ1v) is 9.27. The van der Waals surface area contributed by atoms with E-state index >= 15 is 0 Å². The molecule has 0 aliphatic heterocycles. The van der Waals surface area contributed by atoms with Gasteiger partial charge in [0.1, 0.15) is 18.1 Å². The van der Waals surface area contributed by atoms with Crippen LogP contribution < -0.4 is 27.4 Å². The Hall–Kier alpha value is -4.01. The molecule has 176 valence electrons. The number of H-pyrrole nitrogens is 1. The second kappa shape index (κ2) is 12.0. The largest absolute Gasteiger partial charge is 0.481 e. The van der Waals surface area contributed by atoms with Crippen LogP contribution in [0.15, 0.2) is 12.5 Å². The highest BCUT2D eigenvalue weighted by atomic mass is 16.4. The Morgan fingerprint density at radius 3 is 2.00 bits per heavy atom. The first-order valence-electron chi connectivity index (χ1n) is 9.27. The molecule has 0 aliphatic rings. The minimum Gasteiger partial charge on any atom is -0.481 e. The van der Waals surface area contributed by atoms with Crippen LogP contribution in [0.25, 0.3) is 0 Å². The molecule has 32 heavy (non-hydrogen) atoms. The maximum absolute atomic E-state index is 12.8. The number of imidazole rings is 1. The number of amides is 4. The lowest BCUT2D eigenvalue weighted by Gasteiger charge is -2.24. The highest BCUT2D eigenvalue weighted by Crippen LogP contribution is 2.03. The van der Waals surface area contributed by atoms with E-state index in [-0.39, 0.29) is 6.42 Å². The number of rotatable bonds is 13. The van der Waals surface area contributed by atoms with Crippen LogP contribution >= 0.6 is 0 Å². The van der Waals surface area contributed by atoms with E-state index in [2.05, 4.69) is 20.6 Å². The first kappa shape index (κ1) is 26.0. The maximum atomic E-state index is 12.8. The van der Waals surface area contributed by atoms with Gasteiger partial charge >= 0.3 is 11.9 Å². The van der Waals surface area contributed by atoms with Crippen LogP contribution in [0.3, 0.4) is 0 Å². The van der Waals surface area contributed by atoms with Crippen LogP contribution in [0.1, 0.15) is 25.5 Å². The van der Waals surface area contributed by atoms with Gasteiger partial charge in [0, 0.05) is 18.3 Å². The monoisotopic (exact) mass is 455 g/mol. The Balaban J connectivity index is 3.03. The lowest BCUT2D eigenvalue weighted by Crippen LogP contribution is -2.58. The number of aromatic amines is 1. The predicted octanol–water partition coefficient (Wildman–Crippen LogP) is -3.81. The molecule has 10 N–H and O–H groups in total. The van der Waals surface area contributed by atoms with E-state index in [0.717, 1.165) is 0 Å². The van der Waals surface area contributed by atoms with Gasteiger partial charge in [0.2, 0.25) is 23.6 Å². The smallest absolute Gasteiger partial charge is 0.326 e. The van der Waals surface area contributed by atoms with Gasteiger partial charge in [-0.25, -0.2) is 9.78 Å². The van der Waals surface area contributed by atoms with Crippen molar-refractivity contribution in [3.8, 4) is 0 Å². The Labute approximate surface area is 181 Å². The normalized spacial score (nSPS) is 14.3. The third kappa shape index (κ3) is 8.78. The molecular formula is C17H25N7O8. The van der Waals surface area contributed by atoms with E-state index in [0.29, 0.717) is 5.69 Å². The molecule has 0 aliphatic carbocycles. The van der Waals surface area contributed by atoms with Crippen LogP contribution in [0.4, 0.5) is 0 Å². The summed E-state index contributed by atoms with van der Waals surface area (Å²) >= 11 is 0. The zero-order chi connectivity index (χ0) is 24.4. The van der Waals surface area contributed by atoms with Gasteiger partial charge < -0.3 is 42.6 Å². The third-order valence-electron chi connectivity index (χ3n) is 4.06. The molecule has 4 atom stereocenters. The highest BCUT2D eigenvalue weighted by molar-refractivity contribution is 5.96. The molecule has 1 heterocycles. The van der Waals surface area contributed by atoms with Crippen molar-refractivity contribution < 1.29 is 39.0 Å². The van der Waals surface area contributed by atoms with Crippen molar-refractivity contribution in [3.05, 3.63) is 18.2 Å². The van der Waals surface area contributed by atoms with Gasteiger partial charge in [-0.15, -0.1) is 0 Å². The molecule has 0 saturated carbocycles. The lowest BCUT2D eigenvalue weighted by atomic mass is 10.1. The molecule has 1 rings (SSSR count). The number of aliphatic carboxylic acids is 2. The maximum Gasteiger partial charge on any atom is 0.326 e. The topological polar surface area (TPSA) is 260 Å². The van der Waals surface area contributed by atoms with Crippen molar-refractivity contribution in [2.24, 2.45) is 11.5 Å². The number of hydrogen-bond acceptors (Lipinski definition) is 8. The number of primary amides is 1. The summed E-state index contributed by atoms with van der Waals surface area (Å²) < 4.78 is 0. The van der Waals surface area contributed by atoms with Crippen molar-refractivity contribution in [1.29, 1.82) is 0 Å². The van der Waals surface area contributed by atoms with Crippen LogP contribution in [0, 0.1) is 0 Å². The Morgan fingerprint density at radius 1 is 0.969 bits per heavy atom. The average Bonchev–Trinajstić information content (AvgIpc) is 3.18. The molecule has 1 aromatic heterocycles. The summed E-state index contributed by atoms with van der Waals surface area (Å²) in [6.07, 6.45) is 1.01. The number of carbonyl (C=O) groups is 6. The second-order valence-corrected chi connectivity index (χ2v) is 6.86. The van der Waals surface area contributed by atoms with Gasteiger partial charge in [0.15, 0.2) is 0 Å². The minimum absolute atomic E-state index is 0.0774. The van der Waals surface area contributed by atoms with E-state index in [1.807, 2.05) is 5.32 Å². The second-order valence-electron chi connectivity index (χ2n) is 6.86. The van der Waals surface area contributed by atoms with Crippen molar-refractivity contribution in [1.82, 2.24) is 25.9 Å². The summed E-state index contributed by atoms with van der Waals surface area (Å²) in [6, 6.07) is -5.64. The van der Waals surface area contributed by atoms with E-state index < -0.39 is 72.6 Å². The Kier molecular flexibility index (Phi) is 9.75. The molecule has 0 fully saturated rings. The molecule has 4 amide bonds. The summed E-state index contributed by atoms with van der Waals surface area (Å²) in [4.78, 5) is 77.1. The Bertz CT molecular complexity index is 855. The summed E-state index contributed by atoms with van der Waals surface area (Å²) in [5.74, 6) is -6.85. The number of nitrogens with two attached hydrogens (primary N) is 2. The Morgan fingerprint density at radius 2 is 1.53 bits per heavy atom. The fourth-order valence-corrected chi connectivity index (χ4v) is 2.46. The van der Waals surface area contributed by atoms with Crippen molar-refractivity contribution in [2.75, 3.05) is 0 Å². The fraction of sp³-hybridized carbons (Fsp3) is 0.471. The average molecular weight is 455 g/mol. The van der Waals surface area contributed by atoms with Gasteiger partial charge in [-0.05, 0) is 6.92 Å². The molecule has 0 saturated heterocycles. The molecule has 0 bridgehead atoms. The zero-order valence-corrected chi connectivity index (χ0v) is 17.0. The van der Waals surface area contributed by atoms with Crippen molar-refractivity contribution >= 4 is 35.6 Å². The fourth-order valence-electron chi connectivity index (χ4n) is 2.46. The minimum atomic E-state index is -1.81. The summed E-state index contributed by atoms with van der Waals surface area (Å²) in [5.41, 5.74) is 11.1. The number of carboxylic acid groups (broad SMARTS) is 2. The number of nitrogens with zero attached hydrogens (tertiary/aromatic N) is 1. The van der Waals surface area contributed by atoms with Crippen molar-refractivity contribution in [2.45, 2.75) is 50.4 Å². The lowest BCUT2D eigenvalue weighted by molar-refractivity contribution is -0.147. The summed E-state index contributed by atoms with van der Waals surface area (Å²) in [5, 5.41) is 24.4. The predicted molar refractivity (Wildman–Crippen MR) is 105 cm³/mol. The molecule has 0 aromatic carbocycles. The highest BCUT2D eigenvalue weighted by Gasteiger charge is 2.32. The molecule has 4 unspecified atom stereocenters. The van der Waals surface area contributed by atoms with Gasteiger partial charge in [-0.2, -0.15) is 0 Å². The van der Waals surface area contributed by atoms with Crippen LogP contribution in [-0.4, -0.2) is 79.9 Å². The summed E-state index contributed by atoms with van der Waals surface area (Å²) in [7, 11) is 0. The van der Waals surface area contributed by atoms with E-state index in [4.69, 9.17) is 21.7 Å². The standard InChI is InChI=1S/C17H25N7O8/c1-7(18)14(28)22-9(2-8-5-20-6-21-8)15(29)23-10(3-12(19)25)16(30)24-11(17(31)32)4-13(26)27/h5-7,9-11H,2-4,18H2,1H3,(H2,19,25)(H,20,21)(H,22,28)(H,23,29)(H,24,30)(H,26,27)(H,31,32). The van der Waals surface area contributed by atoms with E-state index in [9.17, 15) is 28.8 Å². The number of nitrogens with one attached hydrogen (secondary N) is 4. The molecular weight excluding hydrogens is 430 g/mol. The number of carboxylic acids is 2. The molecule has 15 heteroatoms. The zero-order valence-electron chi connectivity index (χ0n) is 17.0. The molecule has 1 aromatic rings. The van der Waals surface area contributed by atoms with Gasteiger partial charge in [0.05, 0.1) is 25.2 Å². The van der Waals surface area contributed by atoms with Crippen LogP contribution in [0.5, 0.6) is 0 Å². The number of hydrogen-bond donors (Lipinski definition) is 8. The van der Waals surface area contributed by atoms with Gasteiger partial charge in [-0.1, -0.05) is 0 Å². The van der Waals surface area contributed by atoms with Crippen LogP contribution in [0.2, 0.25) is 0 Å². The SMILES string of the molecule is CC(N)C(=O)NC(Cc1cnc[nH]1)C(=O)NC(CC(N)=O)C(=O)NC(CC(=O)O)C(=O)O. The first-order chi connectivity index (χ1) is 14.9. The number of carbonyl (C=O) groups excluding carboxylic acids is 4. The van der Waals surface area contributed by atoms with Gasteiger partial charge in [-0.3, -0.25) is 24.0 Å².